The quantitative estimate of drug-likeness (QED) is 0.700. The first kappa shape index (κ1) is 15.4. The molecule has 8 heteroatoms. The summed E-state index contributed by atoms with van der Waals surface area (Å²) in [5.41, 5.74) is 2.31. The van der Waals surface area contributed by atoms with Gasteiger partial charge in [-0.25, -0.2) is 9.67 Å². The SMILES string of the molecule is Cc1nc2n(n1)CCN(c1nnc(-c3ccc4c(c3)CC(C)O4)n1C)C2. The monoisotopic (exact) mass is 351 g/mol. The zero-order valence-electron chi connectivity index (χ0n) is 15.2. The van der Waals surface area contributed by atoms with Crippen molar-refractivity contribution in [2.45, 2.75) is 39.5 Å². The van der Waals surface area contributed by atoms with Gasteiger partial charge >= 0.3 is 0 Å². The predicted molar refractivity (Wildman–Crippen MR) is 96.0 cm³/mol. The standard InChI is InChI=1S/C18H21N7O/c1-11-8-14-9-13(4-5-15(14)26-11)17-20-21-18(23(17)3)24-6-7-25-16(10-24)19-12(2)22-25/h4-5,9,11H,6-8,10H2,1-3H3. The Morgan fingerprint density at radius 1 is 1.19 bits per heavy atom. The number of fused-ring (bicyclic) bond motifs is 2. The lowest BCUT2D eigenvalue weighted by molar-refractivity contribution is 0.254. The van der Waals surface area contributed by atoms with Crippen LogP contribution in [0.15, 0.2) is 18.2 Å². The van der Waals surface area contributed by atoms with Crippen LogP contribution in [0.2, 0.25) is 0 Å². The van der Waals surface area contributed by atoms with E-state index in [0.717, 1.165) is 54.2 Å². The molecule has 2 aliphatic rings. The number of benzene rings is 1. The van der Waals surface area contributed by atoms with Crippen molar-refractivity contribution in [2.75, 3.05) is 11.4 Å². The largest absolute Gasteiger partial charge is 0.490 e. The van der Waals surface area contributed by atoms with E-state index in [1.807, 2.05) is 24.7 Å². The molecule has 1 unspecified atom stereocenters. The molecule has 134 valence electrons. The molecule has 2 aliphatic heterocycles. The summed E-state index contributed by atoms with van der Waals surface area (Å²) in [5.74, 6) is 4.49. The number of hydrogen-bond acceptors (Lipinski definition) is 6. The minimum Gasteiger partial charge on any atom is -0.490 e. The zero-order chi connectivity index (χ0) is 17.8. The van der Waals surface area contributed by atoms with Gasteiger partial charge in [-0.2, -0.15) is 5.10 Å². The molecule has 1 atom stereocenters. The lowest BCUT2D eigenvalue weighted by Crippen LogP contribution is -2.35. The highest BCUT2D eigenvalue weighted by atomic mass is 16.5. The van der Waals surface area contributed by atoms with Crippen molar-refractivity contribution >= 4 is 5.95 Å². The van der Waals surface area contributed by atoms with E-state index >= 15 is 0 Å². The Hall–Kier alpha value is -2.90. The zero-order valence-corrected chi connectivity index (χ0v) is 15.2. The molecule has 26 heavy (non-hydrogen) atoms. The van der Waals surface area contributed by atoms with Crippen molar-refractivity contribution in [3.05, 3.63) is 35.4 Å². The minimum atomic E-state index is 0.240. The van der Waals surface area contributed by atoms with E-state index in [-0.39, 0.29) is 6.10 Å². The molecule has 8 nitrogen and oxygen atoms in total. The van der Waals surface area contributed by atoms with Crippen LogP contribution >= 0.6 is 0 Å². The van der Waals surface area contributed by atoms with Crippen molar-refractivity contribution in [1.29, 1.82) is 0 Å². The average Bonchev–Trinajstić information content (AvgIpc) is 3.28. The second kappa shape index (κ2) is 5.55. The molecular weight excluding hydrogens is 330 g/mol. The third kappa shape index (κ3) is 2.36. The summed E-state index contributed by atoms with van der Waals surface area (Å²) in [7, 11) is 2.02. The molecule has 0 amide bonds. The molecule has 5 rings (SSSR count). The summed E-state index contributed by atoms with van der Waals surface area (Å²) in [4.78, 5) is 6.71. The molecule has 4 heterocycles. The van der Waals surface area contributed by atoms with Crippen LogP contribution in [0.1, 0.15) is 24.1 Å². The summed E-state index contributed by atoms with van der Waals surface area (Å²) in [6, 6.07) is 6.26. The first-order valence-electron chi connectivity index (χ1n) is 8.93. The van der Waals surface area contributed by atoms with Crippen LogP contribution in [-0.2, 0) is 26.6 Å². The number of aryl methyl sites for hydroxylation is 1. The van der Waals surface area contributed by atoms with Crippen molar-refractivity contribution in [2.24, 2.45) is 7.05 Å². The van der Waals surface area contributed by atoms with Crippen LogP contribution < -0.4 is 9.64 Å². The second-order valence-electron chi connectivity index (χ2n) is 7.06. The van der Waals surface area contributed by atoms with Crippen LogP contribution in [0.5, 0.6) is 5.75 Å². The van der Waals surface area contributed by atoms with Crippen molar-refractivity contribution in [1.82, 2.24) is 29.5 Å². The smallest absolute Gasteiger partial charge is 0.227 e. The number of anilines is 1. The van der Waals surface area contributed by atoms with Crippen LogP contribution in [-0.4, -0.2) is 42.2 Å². The molecule has 0 bridgehead atoms. The second-order valence-corrected chi connectivity index (χ2v) is 7.06. The van der Waals surface area contributed by atoms with Crippen LogP contribution in [0.25, 0.3) is 11.4 Å². The Kier molecular flexibility index (Phi) is 3.28. The highest BCUT2D eigenvalue weighted by molar-refractivity contribution is 5.61. The summed E-state index contributed by atoms with van der Waals surface area (Å²) < 4.78 is 9.83. The van der Waals surface area contributed by atoms with Gasteiger partial charge in [0.05, 0.1) is 13.1 Å². The first-order valence-corrected chi connectivity index (χ1v) is 8.93. The Balaban J connectivity index is 1.46. The highest BCUT2D eigenvalue weighted by Crippen LogP contribution is 2.33. The third-order valence-electron chi connectivity index (χ3n) is 5.06. The summed E-state index contributed by atoms with van der Waals surface area (Å²) in [6.07, 6.45) is 1.18. The molecule has 0 N–H and O–H groups in total. The maximum atomic E-state index is 5.80. The van der Waals surface area contributed by atoms with Gasteiger partial charge in [-0.05, 0) is 37.6 Å². The molecule has 2 aromatic heterocycles. The van der Waals surface area contributed by atoms with Crippen molar-refractivity contribution in [3.63, 3.8) is 0 Å². The first-order chi connectivity index (χ1) is 12.6. The van der Waals surface area contributed by atoms with Crippen molar-refractivity contribution in [3.8, 4) is 17.1 Å². The van der Waals surface area contributed by atoms with Gasteiger partial charge in [-0.3, -0.25) is 4.57 Å². The molecule has 1 aromatic carbocycles. The van der Waals surface area contributed by atoms with E-state index in [2.05, 4.69) is 48.8 Å². The van der Waals surface area contributed by atoms with E-state index in [1.165, 1.54) is 5.56 Å². The predicted octanol–water partition coefficient (Wildman–Crippen LogP) is 1.73. The Morgan fingerprint density at radius 2 is 2.08 bits per heavy atom. The third-order valence-corrected chi connectivity index (χ3v) is 5.06. The van der Waals surface area contributed by atoms with Gasteiger partial charge in [0.2, 0.25) is 5.95 Å². The van der Waals surface area contributed by atoms with Gasteiger partial charge in [0.1, 0.15) is 23.5 Å². The average molecular weight is 351 g/mol. The lowest BCUT2D eigenvalue weighted by Gasteiger charge is -2.27. The number of nitrogens with zero attached hydrogens (tertiary/aromatic N) is 7. The molecule has 0 spiro atoms. The van der Waals surface area contributed by atoms with Gasteiger partial charge in [-0.15, -0.1) is 10.2 Å². The summed E-state index contributed by atoms with van der Waals surface area (Å²) >= 11 is 0. The molecule has 0 aliphatic carbocycles. The van der Waals surface area contributed by atoms with E-state index in [0.29, 0.717) is 6.54 Å². The fourth-order valence-electron chi connectivity index (χ4n) is 3.84. The van der Waals surface area contributed by atoms with E-state index in [9.17, 15) is 0 Å². The summed E-state index contributed by atoms with van der Waals surface area (Å²) in [5, 5.41) is 13.3. The van der Waals surface area contributed by atoms with Gasteiger partial charge in [0.25, 0.3) is 0 Å². The Morgan fingerprint density at radius 3 is 2.96 bits per heavy atom. The van der Waals surface area contributed by atoms with Gasteiger partial charge < -0.3 is 9.64 Å². The van der Waals surface area contributed by atoms with E-state index in [4.69, 9.17) is 4.74 Å². The van der Waals surface area contributed by atoms with Crippen LogP contribution in [0.3, 0.4) is 0 Å². The van der Waals surface area contributed by atoms with E-state index in [1.54, 1.807) is 0 Å². The lowest BCUT2D eigenvalue weighted by atomic mass is 10.1. The van der Waals surface area contributed by atoms with Gasteiger partial charge in [0.15, 0.2) is 5.82 Å². The van der Waals surface area contributed by atoms with Crippen LogP contribution in [0, 0.1) is 6.92 Å². The van der Waals surface area contributed by atoms with Gasteiger partial charge in [0, 0.05) is 25.6 Å². The molecule has 0 saturated heterocycles. The number of aromatic nitrogens is 6. The minimum absolute atomic E-state index is 0.240. The molecular formula is C18H21N7O. The number of hydrogen-bond donors (Lipinski definition) is 0. The highest BCUT2D eigenvalue weighted by Gasteiger charge is 2.25. The Bertz CT molecular complexity index is 990. The van der Waals surface area contributed by atoms with E-state index < -0.39 is 0 Å². The van der Waals surface area contributed by atoms with Gasteiger partial charge in [-0.1, -0.05) is 0 Å². The Labute approximate surface area is 151 Å². The maximum Gasteiger partial charge on any atom is 0.227 e. The van der Waals surface area contributed by atoms with Crippen molar-refractivity contribution < 1.29 is 4.74 Å². The fraction of sp³-hybridized carbons (Fsp3) is 0.444. The maximum absolute atomic E-state index is 5.80. The molecule has 0 fully saturated rings. The molecule has 0 radical (unpaired) electrons. The van der Waals surface area contributed by atoms with Crippen LogP contribution in [0.4, 0.5) is 5.95 Å². The number of rotatable bonds is 2. The molecule has 3 aromatic rings. The topological polar surface area (TPSA) is 73.9 Å². The summed E-state index contributed by atoms with van der Waals surface area (Å²) in [6.45, 7) is 6.37. The number of ether oxygens (including phenoxy) is 1. The fourth-order valence-corrected chi connectivity index (χ4v) is 3.84. The molecule has 0 saturated carbocycles. The normalized spacial score (nSPS) is 18.6.